The largest absolute Gasteiger partial charge is 0.466 e. The first-order valence-corrected chi connectivity index (χ1v) is 7.82. The lowest BCUT2D eigenvalue weighted by Crippen LogP contribution is -2.51. The molecule has 1 fully saturated rings. The highest BCUT2D eigenvalue weighted by molar-refractivity contribution is 5.95. The van der Waals surface area contributed by atoms with Gasteiger partial charge in [-0.15, -0.1) is 0 Å². The number of likely N-dealkylation sites (tertiary alicyclic amines) is 1. The van der Waals surface area contributed by atoms with Gasteiger partial charge >= 0.3 is 5.97 Å². The van der Waals surface area contributed by atoms with Gasteiger partial charge in [0.1, 0.15) is 6.04 Å². The predicted octanol–water partition coefficient (Wildman–Crippen LogP) is 1.20. The maximum absolute atomic E-state index is 12.5. The maximum atomic E-state index is 12.5. The van der Waals surface area contributed by atoms with Crippen LogP contribution in [0.4, 0.5) is 0 Å². The number of nitrogens with zero attached hydrogens (tertiary/aromatic N) is 1. The van der Waals surface area contributed by atoms with Crippen LogP contribution in [0.2, 0.25) is 0 Å². The Morgan fingerprint density at radius 1 is 1.48 bits per heavy atom. The molecule has 2 atom stereocenters. The standard InChI is InChI=1S/C16H22N2O5/c1-3-22-16(21)12-6-4-8-18(10-12)15(20)11(2)17-14(19)13-7-5-9-23-13/h5,7,9,11-12H,3-4,6,8,10H2,1-2H3,(H,17,19). The molecule has 2 amide bonds. The molecule has 7 nitrogen and oxygen atoms in total. The van der Waals surface area contributed by atoms with E-state index in [1.807, 2.05) is 0 Å². The van der Waals surface area contributed by atoms with Crippen LogP contribution in [-0.2, 0) is 14.3 Å². The number of furan rings is 1. The van der Waals surface area contributed by atoms with Gasteiger partial charge in [-0.1, -0.05) is 0 Å². The lowest BCUT2D eigenvalue weighted by molar-refractivity contribution is -0.151. The topological polar surface area (TPSA) is 88.9 Å². The van der Waals surface area contributed by atoms with Gasteiger partial charge in [0.2, 0.25) is 5.91 Å². The van der Waals surface area contributed by atoms with Gasteiger partial charge in [-0.05, 0) is 38.8 Å². The molecule has 0 radical (unpaired) electrons. The highest BCUT2D eigenvalue weighted by Crippen LogP contribution is 2.18. The maximum Gasteiger partial charge on any atom is 0.310 e. The van der Waals surface area contributed by atoms with Crippen molar-refractivity contribution in [3.8, 4) is 0 Å². The third-order valence-electron chi connectivity index (χ3n) is 3.82. The fraction of sp³-hybridized carbons (Fsp3) is 0.562. The van der Waals surface area contributed by atoms with E-state index < -0.39 is 11.9 Å². The molecule has 2 unspecified atom stereocenters. The molecule has 0 spiro atoms. The molecule has 7 heteroatoms. The fourth-order valence-electron chi connectivity index (χ4n) is 2.64. The van der Waals surface area contributed by atoms with Crippen LogP contribution in [0.3, 0.4) is 0 Å². The van der Waals surface area contributed by atoms with Gasteiger partial charge in [0.25, 0.3) is 5.91 Å². The number of carbonyl (C=O) groups is 3. The molecule has 2 rings (SSSR count). The van der Waals surface area contributed by atoms with E-state index in [9.17, 15) is 14.4 Å². The molecule has 2 heterocycles. The van der Waals surface area contributed by atoms with Crippen molar-refractivity contribution in [1.82, 2.24) is 10.2 Å². The molecule has 0 saturated carbocycles. The van der Waals surface area contributed by atoms with Gasteiger partial charge in [-0.25, -0.2) is 0 Å². The molecule has 1 N–H and O–H groups in total. The summed E-state index contributed by atoms with van der Waals surface area (Å²) in [5.41, 5.74) is 0. The van der Waals surface area contributed by atoms with E-state index in [2.05, 4.69) is 5.32 Å². The van der Waals surface area contributed by atoms with Gasteiger partial charge in [-0.3, -0.25) is 14.4 Å². The number of esters is 1. The van der Waals surface area contributed by atoms with Gasteiger partial charge in [0, 0.05) is 13.1 Å². The molecule has 1 aliphatic rings. The van der Waals surface area contributed by atoms with Crippen molar-refractivity contribution in [2.75, 3.05) is 19.7 Å². The van der Waals surface area contributed by atoms with Gasteiger partial charge < -0.3 is 19.4 Å². The minimum Gasteiger partial charge on any atom is -0.466 e. The molecule has 23 heavy (non-hydrogen) atoms. The first kappa shape index (κ1) is 17.1. The van der Waals surface area contributed by atoms with Crippen molar-refractivity contribution < 1.29 is 23.5 Å². The number of nitrogens with one attached hydrogen (secondary N) is 1. The Hall–Kier alpha value is -2.31. The Morgan fingerprint density at radius 3 is 2.91 bits per heavy atom. The van der Waals surface area contributed by atoms with Crippen molar-refractivity contribution in [3.05, 3.63) is 24.2 Å². The SMILES string of the molecule is CCOC(=O)C1CCCN(C(=O)C(C)NC(=O)c2ccco2)C1. The lowest BCUT2D eigenvalue weighted by Gasteiger charge is -2.33. The molecule has 1 saturated heterocycles. The van der Waals surface area contributed by atoms with Crippen LogP contribution in [-0.4, -0.2) is 48.4 Å². The number of hydrogen-bond acceptors (Lipinski definition) is 5. The second kappa shape index (κ2) is 7.80. The number of hydrogen-bond donors (Lipinski definition) is 1. The predicted molar refractivity (Wildman–Crippen MR) is 81.6 cm³/mol. The third-order valence-corrected chi connectivity index (χ3v) is 3.82. The second-order valence-electron chi connectivity index (χ2n) is 5.55. The van der Waals surface area contributed by atoms with Crippen LogP contribution in [0.5, 0.6) is 0 Å². The normalized spacial score (nSPS) is 19.0. The first-order valence-electron chi connectivity index (χ1n) is 7.82. The van der Waals surface area contributed by atoms with Crippen molar-refractivity contribution in [2.45, 2.75) is 32.7 Å². The van der Waals surface area contributed by atoms with E-state index >= 15 is 0 Å². The van der Waals surface area contributed by atoms with E-state index in [0.29, 0.717) is 19.7 Å². The molecular weight excluding hydrogens is 300 g/mol. The van der Waals surface area contributed by atoms with E-state index in [1.165, 1.54) is 12.3 Å². The Morgan fingerprint density at radius 2 is 2.26 bits per heavy atom. The van der Waals surface area contributed by atoms with Crippen LogP contribution in [0.1, 0.15) is 37.2 Å². The Bertz CT molecular complexity index is 555. The summed E-state index contributed by atoms with van der Waals surface area (Å²) in [5, 5.41) is 2.61. The molecular formula is C16H22N2O5. The second-order valence-corrected chi connectivity index (χ2v) is 5.55. The summed E-state index contributed by atoms with van der Waals surface area (Å²) < 4.78 is 10.0. The summed E-state index contributed by atoms with van der Waals surface area (Å²) in [6.45, 7) is 4.63. The Kier molecular flexibility index (Phi) is 5.78. The summed E-state index contributed by atoms with van der Waals surface area (Å²) in [6, 6.07) is 2.45. The lowest BCUT2D eigenvalue weighted by atomic mass is 9.97. The number of piperidine rings is 1. The summed E-state index contributed by atoms with van der Waals surface area (Å²) in [5.74, 6) is -1.04. The zero-order chi connectivity index (χ0) is 16.8. The van der Waals surface area contributed by atoms with Gasteiger partial charge in [0.15, 0.2) is 5.76 Å². The van der Waals surface area contributed by atoms with Crippen LogP contribution >= 0.6 is 0 Å². The molecule has 0 bridgehead atoms. The van der Waals surface area contributed by atoms with Crippen molar-refractivity contribution in [2.24, 2.45) is 5.92 Å². The average molecular weight is 322 g/mol. The first-order chi connectivity index (χ1) is 11.0. The van der Waals surface area contributed by atoms with Crippen LogP contribution in [0.25, 0.3) is 0 Å². The molecule has 1 aliphatic heterocycles. The average Bonchev–Trinajstić information content (AvgIpc) is 3.09. The van der Waals surface area contributed by atoms with Crippen LogP contribution in [0, 0.1) is 5.92 Å². The molecule has 1 aromatic heterocycles. The third kappa shape index (κ3) is 4.34. The molecule has 0 aliphatic carbocycles. The zero-order valence-corrected chi connectivity index (χ0v) is 13.4. The molecule has 0 aromatic carbocycles. The van der Waals surface area contributed by atoms with E-state index in [4.69, 9.17) is 9.15 Å². The van der Waals surface area contributed by atoms with Crippen molar-refractivity contribution in [1.29, 1.82) is 0 Å². The quantitative estimate of drug-likeness (QED) is 0.823. The zero-order valence-electron chi connectivity index (χ0n) is 13.4. The number of carbonyl (C=O) groups excluding carboxylic acids is 3. The highest BCUT2D eigenvalue weighted by atomic mass is 16.5. The minimum atomic E-state index is -0.687. The minimum absolute atomic E-state index is 0.160. The van der Waals surface area contributed by atoms with Gasteiger partial charge in [-0.2, -0.15) is 0 Å². The van der Waals surface area contributed by atoms with Crippen molar-refractivity contribution in [3.63, 3.8) is 0 Å². The Labute approximate surface area is 135 Å². The van der Waals surface area contributed by atoms with Crippen LogP contribution < -0.4 is 5.32 Å². The highest BCUT2D eigenvalue weighted by Gasteiger charge is 2.31. The van der Waals surface area contributed by atoms with Crippen LogP contribution in [0.15, 0.2) is 22.8 Å². The van der Waals surface area contributed by atoms with Crippen molar-refractivity contribution >= 4 is 17.8 Å². The summed E-state index contributed by atoms with van der Waals surface area (Å²) in [4.78, 5) is 37.8. The smallest absolute Gasteiger partial charge is 0.310 e. The van der Waals surface area contributed by atoms with E-state index in [-0.39, 0.29) is 23.6 Å². The fourth-order valence-corrected chi connectivity index (χ4v) is 2.64. The van der Waals surface area contributed by atoms with Gasteiger partial charge in [0.05, 0.1) is 18.8 Å². The monoisotopic (exact) mass is 322 g/mol. The number of amides is 2. The summed E-state index contributed by atoms with van der Waals surface area (Å²) in [6.07, 6.45) is 2.86. The number of rotatable bonds is 5. The Balaban J connectivity index is 1.91. The van der Waals surface area contributed by atoms with E-state index in [0.717, 1.165) is 12.8 Å². The molecule has 126 valence electrons. The number of ether oxygens (including phenoxy) is 1. The summed E-state index contributed by atoms with van der Waals surface area (Å²) >= 11 is 0. The van der Waals surface area contributed by atoms with E-state index in [1.54, 1.807) is 24.8 Å². The molecule has 1 aromatic rings. The summed E-state index contributed by atoms with van der Waals surface area (Å²) in [7, 11) is 0.